The summed E-state index contributed by atoms with van der Waals surface area (Å²) in [5.74, 6) is 1.45. The van der Waals surface area contributed by atoms with Gasteiger partial charge in [0.15, 0.2) is 0 Å². The number of hydrogen-bond acceptors (Lipinski definition) is 6. The predicted molar refractivity (Wildman–Crippen MR) is 150 cm³/mol. The first-order valence-corrected chi connectivity index (χ1v) is 12.4. The number of piperidine rings is 1. The maximum absolute atomic E-state index is 11.8. The van der Waals surface area contributed by atoms with Crippen LogP contribution in [-0.4, -0.2) is 44.8 Å². The molecule has 0 unspecified atom stereocenters. The normalized spacial score (nSPS) is 12.2. The maximum Gasteiger partial charge on any atom is 1.00 e. The zero-order chi connectivity index (χ0) is 28.3. The van der Waals surface area contributed by atoms with Crippen LogP contribution >= 0.6 is 0 Å². The van der Waals surface area contributed by atoms with E-state index in [2.05, 4.69) is 50.7 Å². The van der Waals surface area contributed by atoms with E-state index in [-0.39, 0.29) is 55.7 Å². The predicted octanol–water partition coefficient (Wildman–Crippen LogP) is 0.0651. The van der Waals surface area contributed by atoms with Gasteiger partial charge >= 0.3 is 43.7 Å². The molecule has 0 aliphatic carbocycles. The summed E-state index contributed by atoms with van der Waals surface area (Å²) in [5, 5.41) is 0. The van der Waals surface area contributed by atoms with Crippen molar-refractivity contribution in [1.82, 2.24) is 0 Å². The van der Waals surface area contributed by atoms with Gasteiger partial charge in [0.05, 0.1) is 12.9 Å². The second-order valence-electron chi connectivity index (χ2n) is 9.53. The van der Waals surface area contributed by atoms with Crippen LogP contribution in [0, 0.1) is 32.8 Å². The molecule has 2 aromatic carbocycles. The number of hydrogen-bond donors (Lipinski definition) is 0. The molecule has 1 aliphatic heterocycles. The van der Waals surface area contributed by atoms with Crippen LogP contribution in [-0.2, 0) is 19.1 Å². The van der Waals surface area contributed by atoms with Crippen LogP contribution in [0.2, 0.25) is 0 Å². The minimum Gasteiger partial charge on any atom is -0.545 e. The van der Waals surface area contributed by atoms with Crippen LogP contribution in [0.4, 0.5) is 5.69 Å². The van der Waals surface area contributed by atoms with Gasteiger partial charge in [-0.1, -0.05) is 24.7 Å². The van der Waals surface area contributed by atoms with E-state index >= 15 is 0 Å². The summed E-state index contributed by atoms with van der Waals surface area (Å²) in [4.78, 5) is 31.0. The largest absolute Gasteiger partial charge is 1.00 e. The quantitative estimate of drug-likeness (QED) is 0.231. The minimum absolute atomic E-state index is 0. The summed E-state index contributed by atoms with van der Waals surface area (Å²) in [5.41, 5.74) is 3.12. The van der Waals surface area contributed by atoms with E-state index in [9.17, 15) is 4.79 Å². The molecule has 206 valence electrons. The van der Waals surface area contributed by atoms with E-state index in [1.54, 1.807) is 13.4 Å². The number of esters is 1. The van der Waals surface area contributed by atoms with Gasteiger partial charge in [-0.05, 0) is 46.0 Å². The standard InChI is InChI=1S/C19H28NO2.C8H9O.C3H4O.CHO.2Li/c1-15-6-5-7-17(14-15)20-12-10-16(11-13-20)8-9-18(21)22-19(2,3)4;1-7-3-5-8(9-2)6-4-7;1-2-3-4;1-2;;/h5,7,14,16H,8-13H2,1-4H3;3-6H,1H2,2H3;1-2H2;1H;;/q2*-1;-2;-1;2*+1. The molecule has 3 rings (SSSR count). The van der Waals surface area contributed by atoms with E-state index in [1.807, 2.05) is 51.1 Å². The molecule has 0 saturated carbocycles. The van der Waals surface area contributed by atoms with Gasteiger partial charge in [-0.15, -0.1) is 12.1 Å². The molecular weight excluding hydrogens is 480 g/mol. The Hall–Kier alpha value is -2.09. The molecule has 0 spiro atoms. The second-order valence-corrected chi connectivity index (χ2v) is 9.53. The Labute approximate surface area is 261 Å². The van der Waals surface area contributed by atoms with Gasteiger partial charge in [-0.2, -0.15) is 42.3 Å². The van der Waals surface area contributed by atoms with Crippen molar-refractivity contribution in [3.8, 4) is 5.75 Å². The van der Waals surface area contributed by atoms with Gasteiger partial charge in [0.2, 0.25) is 0 Å². The van der Waals surface area contributed by atoms with E-state index < -0.39 is 0 Å². The van der Waals surface area contributed by atoms with Crippen molar-refractivity contribution in [1.29, 1.82) is 0 Å². The molecule has 1 saturated heterocycles. The maximum atomic E-state index is 11.8. The summed E-state index contributed by atoms with van der Waals surface area (Å²) < 4.78 is 10.3. The summed E-state index contributed by atoms with van der Waals surface area (Å²) >= 11 is 0. The molecular formula is C31H42Li2NO5-3. The Morgan fingerprint density at radius 3 is 2.10 bits per heavy atom. The zero-order valence-electron chi connectivity index (χ0n) is 25.0. The summed E-state index contributed by atoms with van der Waals surface area (Å²) in [7, 11) is 1.65. The van der Waals surface area contributed by atoms with Crippen molar-refractivity contribution in [3.63, 3.8) is 0 Å². The fourth-order valence-electron chi connectivity index (χ4n) is 3.59. The molecule has 0 aromatic heterocycles. The van der Waals surface area contributed by atoms with Crippen molar-refractivity contribution in [3.05, 3.63) is 73.5 Å². The smallest absolute Gasteiger partial charge is 0.545 e. The number of carbonyl (C=O) groups is 1. The van der Waals surface area contributed by atoms with Crippen molar-refractivity contribution in [2.24, 2.45) is 5.92 Å². The van der Waals surface area contributed by atoms with Gasteiger partial charge in [-0.3, -0.25) is 24.3 Å². The molecule has 0 radical (unpaired) electrons. The molecule has 0 bridgehead atoms. The van der Waals surface area contributed by atoms with E-state index in [0.717, 1.165) is 43.7 Å². The van der Waals surface area contributed by atoms with Crippen molar-refractivity contribution < 1.29 is 61.6 Å². The SMILES string of the molecule is Cc1[c-]ccc(N2CCC(CCC(=O)OC(C)(C)C)CC2)c1.[CH-]=O.[CH2-]C[C-]=O.[CH2-]c1ccc(OC)cc1.[Li+].[Li+]. The third kappa shape index (κ3) is 20.5. The molecule has 8 heteroatoms. The number of benzene rings is 2. The first-order valence-electron chi connectivity index (χ1n) is 12.4. The number of nitrogens with zero attached hydrogens (tertiary/aromatic N) is 1. The van der Waals surface area contributed by atoms with Gasteiger partial charge in [-0.25, -0.2) is 0 Å². The average molecular weight is 523 g/mol. The average Bonchev–Trinajstić information content (AvgIpc) is 2.89. The van der Waals surface area contributed by atoms with Crippen LogP contribution in [0.15, 0.2) is 42.5 Å². The van der Waals surface area contributed by atoms with Crippen molar-refractivity contribution >= 4 is 24.7 Å². The van der Waals surface area contributed by atoms with Gasteiger partial charge < -0.3 is 30.9 Å². The molecule has 1 fully saturated rings. The number of rotatable bonds is 6. The fourth-order valence-corrected chi connectivity index (χ4v) is 3.59. The molecule has 0 amide bonds. The number of methoxy groups -OCH3 is 1. The van der Waals surface area contributed by atoms with Crippen LogP contribution in [0.25, 0.3) is 0 Å². The number of aryl methyl sites for hydroxylation is 1. The van der Waals surface area contributed by atoms with Gasteiger partial charge in [0, 0.05) is 19.5 Å². The summed E-state index contributed by atoms with van der Waals surface area (Å²) in [6.07, 6.45) is 5.63. The van der Waals surface area contributed by atoms with Gasteiger partial charge in [0.25, 0.3) is 0 Å². The Kier molecular flexibility index (Phi) is 25.2. The van der Waals surface area contributed by atoms with Crippen molar-refractivity contribution in [2.75, 3.05) is 25.1 Å². The van der Waals surface area contributed by atoms with Crippen LogP contribution < -0.4 is 47.4 Å². The number of anilines is 1. The van der Waals surface area contributed by atoms with Crippen LogP contribution in [0.1, 0.15) is 64.0 Å². The number of ether oxygens (including phenoxy) is 2. The Bertz CT molecular complexity index is 893. The summed E-state index contributed by atoms with van der Waals surface area (Å²) in [6.45, 7) is 20.2. The van der Waals surface area contributed by atoms with Crippen LogP contribution in [0.5, 0.6) is 5.75 Å². The summed E-state index contributed by atoms with van der Waals surface area (Å²) in [6, 6.07) is 17.1. The van der Waals surface area contributed by atoms with E-state index in [0.29, 0.717) is 12.3 Å². The molecule has 1 heterocycles. The minimum atomic E-state index is -0.372. The molecule has 1 aliphatic rings. The fraction of sp³-hybridized carbons (Fsp3) is 0.452. The van der Waals surface area contributed by atoms with E-state index in [4.69, 9.17) is 19.1 Å². The van der Waals surface area contributed by atoms with Gasteiger partial charge in [0.1, 0.15) is 5.60 Å². The second kappa shape index (κ2) is 23.8. The molecule has 6 nitrogen and oxygen atoms in total. The Balaban J connectivity index is -0.000000636. The van der Waals surface area contributed by atoms with Crippen LogP contribution in [0.3, 0.4) is 0 Å². The third-order valence-electron chi connectivity index (χ3n) is 5.35. The van der Waals surface area contributed by atoms with E-state index in [1.165, 1.54) is 11.3 Å². The molecule has 2 aromatic rings. The molecule has 39 heavy (non-hydrogen) atoms. The number of carbonyl (C=O) groups excluding carboxylic acids is 3. The molecule has 0 N–H and O–H groups in total. The first kappa shape index (κ1) is 41.4. The third-order valence-corrected chi connectivity index (χ3v) is 5.35. The monoisotopic (exact) mass is 522 g/mol. The topological polar surface area (TPSA) is 72.9 Å². The Morgan fingerprint density at radius 1 is 1.13 bits per heavy atom. The Morgan fingerprint density at radius 2 is 1.67 bits per heavy atom. The zero-order valence-corrected chi connectivity index (χ0v) is 25.0. The molecule has 0 atom stereocenters. The first-order chi connectivity index (χ1) is 17.6. The van der Waals surface area contributed by atoms with Crippen molar-refractivity contribution in [2.45, 2.75) is 65.4 Å².